The molecule has 0 spiro atoms. The molecule has 5 heteroatoms. The van der Waals surface area contributed by atoms with Gasteiger partial charge in [-0.05, 0) is 18.2 Å². The first-order chi connectivity index (χ1) is 8.22. The summed E-state index contributed by atoms with van der Waals surface area (Å²) in [5.41, 5.74) is 1.63. The van der Waals surface area contributed by atoms with Crippen molar-refractivity contribution in [3.63, 3.8) is 0 Å². The lowest BCUT2D eigenvalue weighted by molar-refractivity contribution is 0.199. The van der Waals surface area contributed by atoms with Gasteiger partial charge < -0.3 is 14.6 Å². The fourth-order valence-electron chi connectivity index (χ4n) is 1.75. The highest BCUT2D eigenvalue weighted by molar-refractivity contribution is 5.75. The Bertz CT molecular complexity index is 510. The second-order valence-electron chi connectivity index (χ2n) is 3.89. The molecule has 92 valence electrons. The second kappa shape index (κ2) is 5.25. The number of aryl methyl sites for hydroxylation is 1. The van der Waals surface area contributed by atoms with Crippen LogP contribution in [-0.4, -0.2) is 29.8 Å². The fourth-order valence-corrected chi connectivity index (χ4v) is 1.75. The molecule has 0 aliphatic heterocycles. The van der Waals surface area contributed by atoms with Crippen LogP contribution in [0.25, 0.3) is 11.0 Å². The molecule has 0 bridgehead atoms. The summed E-state index contributed by atoms with van der Waals surface area (Å²) in [5.74, 6) is 0.654. The molecule has 0 saturated heterocycles. The summed E-state index contributed by atoms with van der Waals surface area (Å²) in [7, 11) is 3.56. The van der Waals surface area contributed by atoms with Gasteiger partial charge in [-0.3, -0.25) is 0 Å². The number of hydrogen-bond acceptors (Lipinski definition) is 3. The number of benzene rings is 1. The van der Waals surface area contributed by atoms with Crippen LogP contribution in [0.1, 0.15) is 5.82 Å². The van der Waals surface area contributed by atoms with E-state index in [1.54, 1.807) is 13.2 Å². The van der Waals surface area contributed by atoms with Gasteiger partial charge in [-0.2, -0.15) is 0 Å². The number of fused-ring (bicyclic) bond motifs is 1. The van der Waals surface area contributed by atoms with Crippen LogP contribution in [-0.2, 0) is 18.3 Å². The number of methoxy groups -OCH3 is 1. The Labute approximate surface area is 99.4 Å². The highest BCUT2D eigenvalue weighted by Gasteiger charge is 2.07. The van der Waals surface area contributed by atoms with E-state index in [0.717, 1.165) is 23.4 Å². The zero-order valence-corrected chi connectivity index (χ0v) is 10.0. The van der Waals surface area contributed by atoms with Gasteiger partial charge in [0.25, 0.3) is 0 Å². The van der Waals surface area contributed by atoms with Gasteiger partial charge in [0, 0.05) is 20.7 Å². The van der Waals surface area contributed by atoms with Crippen LogP contribution in [0.5, 0.6) is 0 Å². The van der Waals surface area contributed by atoms with Crippen LogP contribution < -0.4 is 5.32 Å². The third-order valence-electron chi connectivity index (χ3n) is 2.70. The second-order valence-corrected chi connectivity index (χ2v) is 3.89. The number of halogens is 1. The molecule has 1 heterocycles. The summed E-state index contributed by atoms with van der Waals surface area (Å²) in [4.78, 5) is 4.44. The predicted molar refractivity (Wildman–Crippen MR) is 64.3 cm³/mol. The van der Waals surface area contributed by atoms with E-state index in [0.29, 0.717) is 13.2 Å². The largest absolute Gasteiger partial charge is 0.383 e. The van der Waals surface area contributed by atoms with Gasteiger partial charge in [0.2, 0.25) is 0 Å². The molecule has 0 fully saturated rings. The fraction of sp³-hybridized carbons (Fsp3) is 0.417. The van der Waals surface area contributed by atoms with Crippen molar-refractivity contribution >= 4 is 11.0 Å². The Morgan fingerprint density at radius 3 is 3.06 bits per heavy atom. The zero-order valence-electron chi connectivity index (χ0n) is 10.0. The molecule has 0 saturated carbocycles. The molecule has 0 radical (unpaired) electrons. The smallest absolute Gasteiger partial charge is 0.125 e. The maximum absolute atomic E-state index is 13.1. The quantitative estimate of drug-likeness (QED) is 0.800. The minimum Gasteiger partial charge on any atom is -0.383 e. The normalized spacial score (nSPS) is 11.2. The molecule has 0 aliphatic carbocycles. The average molecular weight is 237 g/mol. The van der Waals surface area contributed by atoms with E-state index >= 15 is 0 Å². The molecule has 1 N–H and O–H groups in total. The third-order valence-corrected chi connectivity index (χ3v) is 2.70. The average Bonchev–Trinajstić information content (AvgIpc) is 2.62. The molecule has 0 aliphatic rings. The van der Waals surface area contributed by atoms with Gasteiger partial charge in [0.1, 0.15) is 11.6 Å². The highest BCUT2D eigenvalue weighted by Crippen LogP contribution is 2.15. The molecule has 0 atom stereocenters. The summed E-state index contributed by atoms with van der Waals surface area (Å²) in [6, 6.07) is 4.63. The van der Waals surface area contributed by atoms with Crippen molar-refractivity contribution in [1.82, 2.24) is 14.9 Å². The van der Waals surface area contributed by atoms with Crippen LogP contribution in [0.2, 0.25) is 0 Å². The van der Waals surface area contributed by atoms with Crippen molar-refractivity contribution in [3.05, 3.63) is 29.8 Å². The van der Waals surface area contributed by atoms with Crippen molar-refractivity contribution in [2.75, 3.05) is 20.3 Å². The molecule has 0 amide bonds. The van der Waals surface area contributed by atoms with Crippen LogP contribution in [0, 0.1) is 5.82 Å². The predicted octanol–water partition coefficient (Wildman–Crippen LogP) is 1.45. The van der Waals surface area contributed by atoms with E-state index in [9.17, 15) is 4.39 Å². The van der Waals surface area contributed by atoms with Crippen molar-refractivity contribution in [2.24, 2.45) is 7.05 Å². The lowest BCUT2D eigenvalue weighted by atomic mass is 10.3. The van der Waals surface area contributed by atoms with E-state index in [1.807, 2.05) is 11.6 Å². The van der Waals surface area contributed by atoms with E-state index in [1.165, 1.54) is 12.1 Å². The molecule has 1 aromatic heterocycles. The number of hydrogen-bond donors (Lipinski definition) is 1. The molecule has 4 nitrogen and oxygen atoms in total. The van der Waals surface area contributed by atoms with Gasteiger partial charge in [-0.25, -0.2) is 9.37 Å². The van der Waals surface area contributed by atoms with E-state index < -0.39 is 0 Å². The monoisotopic (exact) mass is 237 g/mol. The Morgan fingerprint density at radius 1 is 1.47 bits per heavy atom. The Balaban J connectivity index is 2.15. The Kier molecular flexibility index (Phi) is 3.71. The van der Waals surface area contributed by atoms with Crippen LogP contribution >= 0.6 is 0 Å². The lowest BCUT2D eigenvalue weighted by Crippen LogP contribution is -2.20. The minimum absolute atomic E-state index is 0.237. The molecule has 0 unspecified atom stereocenters. The van der Waals surface area contributed by atoms with Crippen molar-refractivity contribution in [3.8, 4) is 0 Å². The Hall–Kier alpha value is -1.46. The molecule has 2 aromatic rings. The highest BCUT2D eigenvalue weighted by atomic mass is 19.1. The topological polar surface area (TPSA) is 39.1 Å². The van der Waals surface area contributed by atoms with Gasteiger partial charge in [0.15, 0.2) is 0 Å². The van der Waals surface area contributed by atoms with Gasteiger partial charge in [0.05, 0.1) is 24.2 Å². The van der Waals surface area contributed by atoms with Crippen LogP contribution in [0.15, 0.2) is 18.2 Å². The van der Waals surface area contributed by atoms with Crippen molar-refractivity contribution in [2.45, 2.75) is 6.54 Å². The first-order valence-corrected chi connectivity index (χ1v) is 5.53. The number of nitrogens with zero attached hydrogens (tertiary/aromatic N) is 2. The molecular formula is C12H16FN3O. The number of ether oxygens (including phenoxy) is 1. The minimum atomic E-state index is -0.237. The number of aromatic nitrogens is 2. The number of imidazole rings is 1. The van der Waals surface area contributed by atoms with Gasteiger partial charge in [-0.1, -0.05) is 0 Å². The van der Waals surface area contributed by atoms with Gasteiger partial charge >= 0.3 is 0 Å². The number of nitrogens with one attached hydrogen (secondary N) is 1. The van der Waals surface area contributed by atoms with Crippen LogP contribution in [0.4, 0.5) is 4.39 Å². The van der Waals surface area contributed by atoms with E-state index in [4.69, 9.17) is 4.74 Å². The summed E-state index contributed by atoms with van der Waals surface area (Å²) in [6.07, 6.45) is 0. The zero-order chi connectivity index (χ0) is 12.3. The first kappa shape index (κ1) is 12.0. The maximum atomic E-state index is 13.1. The summed E-state index contributed by atoms with van der Waals surface area (Å²) >= 11 is 0. The standard InChI is InChI=1S/C12H16FN3O/c1-16-11-7-9(13)3-4-10(11)15-12(16)8-14-5-6-17-2/h3-4,7,14H,5-6,8H2,1-2H3. The third kappa shape index (κ3) is 2.62. The lowest BCUT2D eigenvalue weighted by Gasteiger charge is -2.04. The summed E-state index contributed by atoms with van der Waals surface area (Å²) < 4.78 is 20.0. The van der Waals surface area contributed by atoms with Crippen molar-refractivity contribution < 1.29 is 9.13 Å². The first-order valence-electron chi connectivity index (χ1n) is 5.53. The summed E-state index contributed by atoms with van der Waals surface area (Å²) in [6.45, 7) is 2.09. The van der Waals surface area contributed by atoms with Crippen LogP contribution in [0.3, 0.4) is 0 Å². The van der Waals surface area contributed by atoms with E-state index in [2.05, 4.69) is 10.3 Å². The Morgan fingerprint density at radius 2 is 2.29 bits per heavy atom. The molecule has 2 rings (SSSR count). The van der Waals surface area contributed by atoms with Gasteiger partial charge in [-0.15, -0.1) is 0 Å². The molecular weight excluding hydrogens is 221 g/mol. The SMILES string of the molecule is COCCNCc1nc2ccc(F)cc2n1C. The molecule has 17 heavy (non-hydrogen) atoms. The summed E-state index contributed by atoms with van der Waals surface area (Å²) in [5, 5.41) is 3.22. The molecule has 1 aromatic carbocycles. The van der Waals surface area contributed by atoms with Crippen molar-refractivity contribution in [1.29, 1.82) is 0 Å². The van der Waals surface area contributed by atoms with E-state index in [-0.39, 0.29) is 5.82 Å². The number of rotatable bonds is 5. The maximum Gasteiger partial charge on any atom is 0.125 e.